The number of likely N-dealkylation sites (tertiary alicyclic amines) is 1. The molecule has 1 saturated heterocycles. The maximum absolute atomic E-state index is 12.6. The molecular formula is C20H24N4O3. The Balaban J connectivity index is 1.56. The van der Waals surface area contributed by atoms with Crippen LogP contribution in [0.25, 0.3) is 0 Å². The van der Waals surface area contributed by atoms with Crippen LogP contribution in [0, 0.1) is 23.2 Å². The van der Waals surface area contributed by atoms with E-state index in [9.17, 15) is 19.6 Å². The fourth-order valence-electron chi connectivity index (χ4n) is 3.30. The van der Waals surface area contributed by atoms with Gasteiger partial charge in [0.05, 0.1) is 18.5 Å². The number of para-hydroxylation sites is 1. The van der Waals surface area contributed by atoms with E-state index in [1.54, 1.807) is 19.2 Å². The third-order valence-electron chi connectivity index (χ3n) is 5.14. The minimum atomic E-state index is -0.643. The number of nitrogens with one attached hydrogen (secondary N) is 1. The van der Waals surface area contributed by atoms with E-state index in [1.165, 1.54) is 9.80 Å². The molecule has 3 amide bonds. The maximum atomic E-state index is 12.6. The Morgan fingerprint density at radius 1 is 1.26 bits per heavy atom. The highest BCUT2D eigenvalue weighted by molar-refractivity contribution is 5.94. The van der Waals surface area contributed by atoms with Gasteiger partial charge in [0.25, 0.3) is 0 Å². The van der Waals surface area contributed by atoms with E-state index in [4.69, 9.17) is 0 Å². The van der Waals surface area contributed by atoms with Crippen LogP contribution >= 0.6 is 0 Å². The van der Waals surface area contributed by atoms with Crippen LogP contribution in [0.3, 0.4) is 0 Å². The molecule has 1 saturated carbocycles. The van der Waals surface area contributed by atoms with Gasteiger partial charge in [-0.3, -0.25) is 14.4 Å². The number of likely N-dealkylation sites (N-methyl/N-ethyl adjacent to an activating group) is 1. The number of hydrogen-bond acceptors (Lipinski definition) is 4. The number of hydrogen-bond donors (Lipinski definition) is 1. The molecule has 1 aromatic rings. The SMILES string of the molecule is CN(CC(=O)N1CC(C(=O)Nc2ccccc2)CC1C#N)C(=O)CC1CC1. The summed E-state index contributed by atoms with van der Waals surface area (Å²) in [5.74, 6) is -0.513. The minimum Gasteiger partial charge on any atom is -0.336 e. The zero-order valence-electron chi connectivity index (χ0n) is 15.4. The normalized spacial score (nSPS) is 21.4. The van der Waals surface area contributed by atoms with Crippen molar-refractivity contribution in [3.63, 3.8) is 0 Å². The van der Waals surface area contributed by atoms with E-state index in [0.717, 1.165) is 12.8 Å². The van der Waals surface area contributed by atoms with Gasteiger partial charge >= 0.3 is 0 Å². The van der Waals surface area contributed by atoms with Crippen molar-refractivity contribution in [3.8, 4) is 6.07 Å². The number of nitrogens with zero attached hydrogens (tertiary/aromatic N) is 3. The van der Waals surface area contributed by atoms with Gasteiger partial charge < -0.3 is 15.1 Å². The highest BCUT2D eigenvalue weighted by Gasteiger charge is 2.39. The number of amides is 3. The van der Waals surface area contributed by atoms with Crippen LogP contribution in [0.4, 0.5) is 5.69 Å². The van der Waals surface area contributed by atoms with E-state index in [1.807, 2.05) is 18.2 Å². The number of benzene rings is 1. The summed E-state index contributed by atoms with van der Waals surface area (Å²) < 4.78 is 0. The van der Waals surface area contributed by atoms with Crippen LogP contribution in [-0.4, -0.2) is 53.7 Å². The highest BCUT2D eigenvalue weighted by atomic mass is 16.2. The van der Waals surface area contributed by atoms with Crippen molar-refractivity contribution in [2.75, 3.05) is 25.5 Å². The van der Waals surface area contributed by atoms with Gasteiger partial charge in [-0.2, -0.15) is 5.26 Å². The molecule has 1 N–H and O–H groups in total. The average molecular weight is 368 g/mol. The molecule has 7 heteroatoms. The maximum Gasteiger partial charge on any atom is 0.243 e. The Labute approximate surface area is 158 Å². The van der Waals surface area contributed by atoms with Crippen LogP contribution in [0.1, 0.15) is 25.7 Å². The van der Waals surface area contributed by atoms with Gasteiger partial charge in [-0.1, -0.05) is 18.2 Å². The van der Waals surface area contributed by atoms with E-state index >= 15 is 0 Å². The summed E-state index contributed by atoms with van der Waals surface area (Å²) in [4.78, 5) is 40.0. The summed E-state index contributed by atoms with van der Waals surface area (Å²) in [5.41, 5.74) is 0.686. The first-order chi connectivity index (χ1) is 13.0. The second kappa shape index (κ2) is 8.21. The predicted octanol–water partition coefficient (Wildman–Crippen LogP) is 1.62. The van der Waals surface area contributed by atoms with Crippen LogP contribution in [0.15, 0.2) is 30.3 Å². The first-order valence-electron chi connectivity index (χ1n) is 9.27. The lowest BCUT2D eigenvalue weighted by Crippen LogP contribution is -2.43. The van der Waals surface area contributed by atoms with Crippen molar-refractivity contribution < 1.29 is 14.4 Å². The van der Waals surface area contributed by atoms with Gasteiger partial charge in [-0.15, -0.1) is 0 Å². The molecular weight excluding hydrogens is 344 g/mol. The molecule has 0 radical (unpaired) electrons. The molecule has 142 valence electrons. The molecule has 0 bridgehead atoms. The monoisotopic (exact) mass is 368 g/mol. The van der Waals surface area contributed by atoms with Crippen LogP contribution < -0.4 is 5.32 Å². The molecule has 2 fully saturated rings. The molecule has 3 rings (SSSR count). The number of carbonyl (C=O) groups excluding carboxylic acids is 3. The van der Waals surface area contributed by atoms with Crippen molar-refractivity contribution in [1.29, 1.82) is 5.26 Å². The lowest BCUT2D eigenvalue weighted by Gasteiger charge is -2.23. The van der Waals surface area contributed by atoms with E-state index < -0.39 is 12.0 Å². The van der Waals surface area contributed by atoms with E-state index in [2.05, 4.69) is 11.4 Å². The van der Waals surface area contributed by atoms with Crippen LogP contribution in [0.2, 0.25) is 0 Å². The predicted molar refractivity (Wildman–Crippen MR) is 99.3 cm³/mol. The lowest BCUT2D eigenvalue weighted by atomic mass is 10.1. The second-order valence-electron chi connectivity index (χ2n) is 7.38. The molecule has 1 aliphatic carbocycles. The highest BCUT2D eigenvalue weighted by Crippen LogP contribution is 2.32. The van der Waals surface area contributed by atoms with Gasteiger partial charge in [-0.05, 0) is 37.3 Å². The van der Waals surface area contributed by atoms with E-state index in [-0.39, 0.29) is 30.8 Å². The summed E-state index contributed by atoms with van der Waals surface area (Å²) >= 11 is 0. The Morgan fingerprint density at radius 2 is 1.96 bits per heavy atom. The molecule has 0 spiro atoms. The molecule has 27 heavy (non-hydrogen) atoms. The summed E-state index contributed by atoms with van der Waals surface area (Å²) in [7, 11) is 1.61. The van der Waals surface area contributed by atoms with Crippen molar-refractivity contribution in [2.45, 2.75) is 31.7 Å². The lowest BCUT2D eigenvalue weighted by molar-refractivity contribution is -0.139. The van der Waals surface area contributed by atoms with Crippen LogP contribution in [0.5, 0.6) is 0 Å². The number of nitriles is 1. The van der Waals surface area contributed by atoms with Gasteiger partial charge in [0.1, 0.15) is 6.04 Å². The molecule has 1 aromatic carbocycles. The molecule has 2 unspecified atom stereocenters. The van der Waals surface area contributed by atoms with E-state index in [0.29, 0.717) is 24.4 Å². The number of anilines is 1. The number of rotatable bonds is 6. The fraction of sp³-hybridized carbons (Fsp3) is 0.500. The number of carbonyl (C=O) groups is 3. The van der Waals surface area contributed by atoms with Gasteiger partial charge in [-0.25, -0.2) is 0 Å². The van der Waals surface area contributed by atoms with Gasteiger partial charge in [0, 0.05) is 25.7 Å². The smallest absolute Gasteiger partial charge is 0.243 e. The molecule has 1 aliphatic heterocycles. The van der Waals surface area contributed by atoms with Gasteiger partial charge in [0.2, 0.25) is 17.7 Å². The summed E-state index contributed by atoms with van der Waals surface area (Å²) in [6.07, 6.45) is 2.94. The summed E-state index contributed by atoms with van der Waals surface area (Å²) in [5, 5.41) is 12.2. The Hall–Kier alpha value is -2.88. The van der Waals surface area contributed by atoms with Crippen molar-refractivity contribution >= 4 is 23.4 Å². The minimum absolute atomic E-state index is 0.0445. The fourth-order valence-corrected chi connectivity index (χ4v) is 3.30. The van der Waals surface area contributed by atoms with Crippen molar-refractivity contribution in [3.05, 3.63) is 30.3 Å². The largest absolute Gasteiger partial charge is 0.336 e. The van der Waals surface area contributed by atoms with Gasteiger partial charge in [0.15, 0.2) is 0 Å². The molecule has 2 atom stereocenters. The zero-order valence-corrected chi connectivity index (χ0v) is 15.4. The standard InChI is InChI=1S/C20H24N4O3/c1-23(18(25)9-14-7-8-14)13-19(26)24-12-15(10-17(24)11-21)20(27)22-16-5-3-2-4-6-16/h2-6,14-15,17H,7-10,12-13H2,1H3,(H,22,27). The third kappa shape index (κ3) is 4.85. The average Bonchev–Trinajstić information content (AvgIpc) is 3.36. The summed E-state index contributed by atoms with van der Waals surface area (Å²) in [6, 6.07) is 10.6. The van der Waals surface area contributed by atoms with Crippen molar-refractivity contribution in [2.24, 2.45) is 11.8 Å². The topological polar surface area (TPSA) is 93.5 Å². The molecule has 2 aliphatic rings. The first-order valence-corrected chi connectivity index (χ1v) is 9.27. The van der Waals surface area contributed by atoms with Crippen molar-refractivity contribution in [1.82, 2.24) is 9.80 Å². The zero-order chi connectivity index (χ0) is 19.4. The molecule has 1 heterocycles. The Kier molecular flexibility index (Phi) is 5.75. The quantitative estimate of drug-likeness (QED) is 0.826. The molecule has 7 nitrogen and oxygen atoms in total. The Morgan fingerprint density at radius 3 is 2.59 bits per heavy atom. The Bertz CT molecular complexity index is 754. The molecule has 0 aromatic heterocycles. The third-order valence-corrected chi connectivity index (χ3v) is 5.14. The van der Waals surface area contributed by atoms with Crippen LogP contribution in [-0.2, 0) is 14.4 Å². The first kappa shape index (κ1) is 18.9. The summed E-state index contributed by atoms with van der Waals surface area (Å²) in [6.45, 7) is 0.136. The second-order valence-corrected chi connectivity index (χ2v) is 7.38.